The van der Waals surface area contributed by atoms with Gasteiger partial charge in [0.05, 0.1) is 0 Å². The smallest absolute Gasteiger partial charge is 0.0467 e. The predicted octanol–water partition coefficient (Wildman–Crippen LogP) is 17.1. The van der Waals surface area contributed by atoms with Gasteiger partial charge >= 0.3 is 0 Å². The van der Waals surface area contributed by atoms with E-state index in [2.05, 4.69) is 193 Å². The topological polar surface area (TPSA) is 3.24 Å². The first kappa shape index (κ1) is 37.9. The molecule has 0 unspecified atom stereocenters. The van der Waals surface area contributed by atoms with Crippen LogP contribution in [0.15, 0.2) is 188 Å². The molecule has 7 aliphatic carbocycles. The molecule has 1 heteroatoms. The zero-order valence-electron chi connectivity index (χ0n) is 37.2. The van der Waals surface area contributed by atoms with Crippen LogP contribution in [-0.4, -0.2) is 0 Å². The van der Waals surface area contributed by atoms with Gasteiger partial charge in [-0.15, -0.1) is 0 Å². The van der Waals surface area contributed by atoms with Crippen molar-refractivity contribution in [3.8, 4) is 55.6 Å². The molecule has 0 heterocycles. The molecule has 5 saturated carbocycles. The van der Waals surface area contributed by atoms with Crippen molar-refractivity contribution < 1.29 is 0 Å². The Hall–Kier alpha value is -6.44. The molecule has 0 radical (unpaired) electrons. The van der Waals surface area contributed by atoms with Crippen molar-refractivity contribution in [1.29, 1.82) is 0 Å². The first-order chi connectivity index (χ1) is 32.1. The lowest BCUT2D eigenvalue weighted by atomic mass is 9.43. The van der Waals surface area contributed by atoms with Crippen LogP contribution in [0.25, 0.3) is 55.6 Å². The summed E-state index contributed by atoms with van der Waals surface area (Å²) in [6.45, 7) is 0. The van der Waals surface area contributed by atoms with Crippen LogP contribution in [0.2, 0.25) is 0 Å². The van der Waals surface area contributed by atoms with Gasteiger partial charge in [-0.25, -0.2) is 0 Å². The normalized spacial score (nSPS) is 23.6. The maximum absolute atomic E-state index is 2.65. The quantitative estimate of drug-likeness (QED) is 0.161. The zero-order chi connectivity index (χ0) is 42.7. The van der Waals surface area contributed by atoms with Crippen molar-refractivity contribution in [2.24, 2.45) is 23.7 Å². The molecule has 0 amide bonds. The van der Waals surface area contributed by atoms with Crippen molar-refractivity contribution in [3.63, 3.8) is 0 Å². The van der Waals surface area contributed by atoms with Gasteiger partial charge in [0.25, 0.3) is 0 Å². The van der Waals surface area contributed by atoms with Crippen LogP contribution >= 0.6 is 0 Å². The second-order valence-electron chi connectivity index (χ2n) is 20.8. The summed E-state index contributed by atoms with van der Waals surface area (Å²) in [5.41, 5.74) is 23.5. The van der Waals surface area contributed by atoms with Gasteiger partial charge in [-0.3, -0.25) is 0 Å². The first-order valence-corrected chi connectivity index (χ1v) is 24.8. The third-order valence-electron chi connectivity index (χ3n) is 17.6. The van der Waals surface area contributed by atoms with Gasteiger partial charge in [-0.1, -0.05) is 159 Å². The first-order valence-electron chi connectivity index (χ1n) is 24.8. The van der Waals surface area contributed by atoms with E-state index in [4.69, 9.17) is 0 Å². The Morgan fingerprint density at radius 2 is 0.831 bits per heavy atom. The van der Waals surface area contributed by atoms with Crippen LogP contribution in [0.1, 0.15) is 86.5 Å². The number of benzene rings is 8. The van der Waals surface area contributed by atoms with Crippen molar-refractivity contribution in [2.45, 2.75) is 75.0 Å². The Morgan fingerprint density at radius 1 is 0.323 bits per heavy atom. The molecule has 8 aromatic carbocycles. The molecule has 0 aromatic heterocycles. The number of hydrogen-bond acceptors (Lipinski definition) is 1. The number of hydrogen-bond donors (Lipinski definition) is 0. The maximum Gasteiger partial charge on any atom is 0.0467 e. The van der Waals surface area contributed by atoms with Gasteiger partial charge in [0, 0.05) is 27.9 Å². The lowest BCUT2D eigenvalue weighted by Gasteiger charge is -2.61. The van der Waals surface area contributed by atoms with E-state index >= 15 is 0 Å². The summed E-state index contributed by atoms with van der Waals surface area (Å²) in [5, 5.41) is 0. The Morgan fingerprint density at radius 3 is 1.57 bits per heavy atom. The van der Waals surface area contributed by atoms with E-state index in [0.717, 1.165) is 23.7 Å². The van der Waals surface area contributed by atoms with E-state index in [1.807, 2.05) is 0 Å². The van der Waals surface area contributed by atoms with E-state index in [9.17, 15) is 0 Å². The minimum atomic E-state index is 0.0806. The summed E-state index contributed by atoms with van der Waals surface area (Å²) in [4.78, 5) is 2.54. The van der Waals surface area contributed by atoms with Gasteiger partial charge in [0.15, 0.2) is 0 Å². The summed E-state index contributed by atoms with van der Waals surface area (Å²) in [7, 11) is 0. The minimum Gasteiger partial charge on any atom is -0.310 e. The van der Waals surface area contributed by atoms with Crippen molar-refractivity contribution in [1.82, 2.24) is 0 Å². The standard InChI is InChI=1S/C64H55N/c1-3-13-44(14-4-1)46-15-11-16-47(38-46)45-23-26-52(27-24-45)65(54-28-30-57-55-19-5-7-21-59(55)63(61(57)41-54)31-9-2-10-32-63)53-18-12-17-48(39-53)49-25-29-58-56-20-6-8-22-60(56)64(62(58)40-49)50-34-42-33-43(36-50)37-51(64)35-42/h1,3-8,11-30,38-43,50-51H,2,9-10,31-37H2. The Labute approximate surface area is 384 Å². The lowest BCUT2D eigenvalue weighted by Crippen LogP contribution is -2.55. The molecular formula is C64H55N. The van der Waals surface area contributed by atoms with Crippen molar-refractivity contribution >= 4 is 17.1 Å². The molecule has 1 nitrogen and oxygen atoms in total. The van der Waals surface area contributed by atoms with Crippen LogP contribution in [-0.2, 0) is 10.8 Å². The van der Waals surface area contributed by atoms with Crippen LogP contribution in [0.3, 0.4) is 0 Å². The average Bonchev–Trinajstić information content (AvgIpc) is 3.80. The largest absolute Gasteiger partial charge is 0.310 e. The van der Waals surface area contributed by atoms with E-state index < -0.39 is 0 Å². The fourth-order valence-electron chi connectivity index (χ4n) is 15.2. The highest BCUT2D eigenvalue weighted by Gasteiger charge is 2.61. The molecule has 0 atom stereocenters. The molecule has 0 N–H and O–H groups in total. The predicted molar refractivity (Wildman–Crippen MR) is 270 cm³/mol. The fourth-order valence-corrected chi connectivity index (χ4v) is 15.2. The van der Waals surface area contributed by atoms with E-state index in [1.54, 1.807) is 11.1 Å². The second-order valence-corrected chi connectivity index (χ2v) is 20.8. The summed E-state index contributed by atoms with van der Waals surface area (Å²) in [5.74, 6) is 3.36. The molecule has 65 heavy (non-hydrogen) atoms. The van der Waals surface area contributed by atoms with Gasteiger partial charge < -0.3 is 4.90 Å². The van der Waals surface area contributed by atoms with Gasteiger partial charge in [-0.2, -0.15) is 0 Å². The van der Waals surface area contributed by atoms with E-state index in [-0.39, 0.29) is 10.8 Å². The molecule has 7 aliphatic rings. The Bertz CT molecular complexity index is 3120. The Balaban J connectivity index is 0.897. The maximum atomic E-state index is 2.65. The highest BCUT2D eigenvalue weighted by molar-refractivity contribution is 5.89. The molecule has 15 rings (SSSR count). The van der Waals surface area contributed by atoms with Crippen molar-refractivity contribution in [3.05, 3.63) is 210 Å². The monoisotopic (exact) mass is 837 g/mol. The molecule has 4 bridgehead atoms. The highest BCUT2D eigenvalue weighted by atomic mass is 15.1. The fraction of sp³-hybridized carbons (Fsp3) is 0.250. The zero-order valence-corrected chi connectivity index (χ0v) is 37.2. The second kappa shape index (κ2) is 14.5. The van der Waals surface area contributed by atoms with Crippen molar-refractivity contribution in [2.75, 3.05) is 4.90 Å². The van der Waals surface area contributed by atoms with Gasteiger partial charge in [0.1, 0.15) is 0 Å². The summed E-state index contributed by atoms with van der Waals surface area (Å²) >= 11 is 0. The Kier molecular flexibility index (Phi) is 8.47. The number of rotatable bonds is 6. The lowest BCUT2D eigenvalue weighted by molar-refractivity contribution is -0.0399. The molecule has 316 valence electrons. The average molecular weight is 838 g/mol. The van der Waals surface area contributed by atoms with E-state index in [1.165, 1.54) is 148 Å². The number of fused-ring (bicyclic) bond motifs is 8. The molecule has 5 fully saturated rings. The van der Waals surface area contributed by atoms with Crippen LogP contribution < -0.4 is 4.90 Å². The van der Waals surface area contributed by atoms with Crippen LogP contribution in [0.5, 0.6) is 0 Å². The number of nitrogens with zero attached hydrogens (tertiary/aromatic N) is 1. The molecular weight excluding hydrogens is 783 g/mol. The summed E-state index contributed by atoms with van der Waals surface area (Å²) in [6.07, 6.45) is 13.4. The van der Waals surface area contributed by atoms with Crippen LogP contribution in [0, 0.1) is 23.7 Å². The minimum absolute atomic E-state index is 0.0806. The number of anilines is 3. The van der Waals surface area contributed by atoms with E-state index in [0.29, 0.717) is 0 Å². The third-order valence-corrected chi connectivity index (χ3v) is 17.6. The molecule has 2 spiro atoms. The van der Waals surface area contributed by atoms with Crippen LogP contribution in [0.4, 0.5) is 17.1 Å². The summed E-state index contributed by atoms with van der Waals surface area (Å²) in [6, 6.07) is 72.3. The SMILES string of the molecule is c1ccc(-c2cccc(-c3ccc(N(c4cccc(-c5ccc6c(c5)C5(c7ccccc7-6)C6CC7CC(C6)CC5C7)c4)c4ccc5c(c4)C4(CCCCC4)c4ccccc4-5)cc3)c2)cc1. The third kappa shape index (κ3) is 5.64. The summed E-state index contributed by atoms with van der Waals surface area (Å²) < 4.78 is 0. The molecule has 8 aromatic rings. The van der Waals surface area contributed by atoms with Gasteiger partial charge in [0.2, 0.25) is 0 Å². The molecule has 0 saturated heterocycles. The highest BCUT2D eigenvalue weighted by Crippen LogP contribution is 2.69. The molecule has 0 aliphatic heterocycles. The van der Waals surface area contributed by atoms with Gasteiger partial charge in [-0.05, 0) is 195 Å².